The van der Waals surface area contributed by atoms with Gasteiger partial charge in [-0.05, 0) is 83.9 Å². The van der Waals surface area contributed by atoms with Gasteiger partial charge < -0.3 is 30.2 Å². The van der Waals surface area contributed by atoms with E-state index in [4.69, 9.17) is 25.8 Å². The van der Waals surface area contributed by atoms with Crippen molar-refractivity contribution in [3.05, 3.63) is 148 Å². The first-order chi connectivity index (χ1) is 25.9. The number of thioether (sulfide) groups is 1. The van der Waals surface area contributed by atoms with E-state index in [0.717, 1.165) is 30.0 Å². The van der Waals surface area contributed by atoms with Crippen LogP contribution in [0.3, 0.4) is 0 Å². The molecule has 0 saturated heterocycles. The lowest BCUT2D eigenvalue weighted by Crippen LogP contribution is -2.30. The Morgan fingerprint density at radius 3 is 1.94 bits per heavy atom. The Labute approximate surface area is 318 Å². The quantitative estimate of drug-likeness (QED) is 0.0807. The predicted molar refractivity (Wildman–Crippen MR) is 203 cm³/mol. The molecule has 0 radical (unpaired) electrons. The van der Waals surface area contributed by atoms with Crippen molar-refractivity contribution in [2.75, 3.05) is 32.0 Å². The van der Waals surface area contributed by atoms with E-state index in [9.17, 15) is 27.6 Å². The molecule has 0 heterocycles. The number of methoxy groups -OCH3 is 3. The summed E-state index contributed by atoms with van der Waals surface area (Å²) in [5.41, 5.74) is 0.532. The monoisotopic (exact) mass is 775 g/mol. The van der Waals surface area contributed by atoms with Gasteiger partial charge in [-0.3, -0.25) is 14.4 Å². The number of carbonyl (C=O) groups excluding carboxylic acids is 3. The number of hydrogen-bond donors (Lipinski definition) is 3. The summed E-state index contributed by atoms with van der Waals surface area (Å²) in [4.78, 5) is 41.1. The lowest BCUT2D eigenvalue weighted by atomic mass is 10.1. The van der Waals surface area contributed by atoms with Gasteiger partial charge in [0.05, 0.1) is 37.6 Å². The molecule has 0 aliphatic rings. The molecule has 54 heavy (non-hydrogen) atoms. The number of rotatable bonds is 13. The smallest absolute Gasteiger partial charge is 0.416 e. The third-order valence-electron chi connectivity index (χ3n) is 7.78. The Morgan fingerprint density at radius 2 is 1.37 bits per heavy atom. The number of anilines is 2. The number of alkyl halides is 3. The van der Waals surface area contributed by atoms with Crippen LogP contribution in [0.1, 0.15) is 32.3 Å². The number of carbonyl (C=O) groups is 3. The molecule has 1 atom stereocenters. The minimum absolute atomic E-state index is 0.0492. The molecule has 5 rings (SSSR count). The maximum atomic E-state index is 13.7. The maximum Gasteiger partial charge on any atom is 0.416 e. The van der Waals surface area contributed by atoms with Crippen LogP contribution in [0.15, 0.2) is 126 Å². The summed E-state index contributed by atoms with van der Waals surface area (Å²) in [6, 6.07) is 29.6. The summed E-state index contributed by atoms with van der Waals surface area (Å²) in [7, 11) is 4.38. The molecule has 3 N–H and O–H groups in total. The molecule has 0 saturated carbocycles. The SMILES string of the molecule is COc1cc(/C=C(\NC(=O)c2ccccc2)C(=O)Nc2ccc(SC(C(=O)Nc3cc(C(F)(F)F)ccc3Cl)c3ccccc3)cc2)cc(OC)c1OC. The summed E-state index contributed by atoms with van der Waals surface area (Å²) >= 11 is 7.30. The molecule has 9 nitrogen and oxygen atoms in total. The van der Waals surface area contributed by atoms with Crippen molar-refractivity contribution >= 4 is 58.5 Å². The van der Waals surface area contributed by atoms with Gasteiger partial charge in [-0.15, -0.1) is 11.8 Å². The zero-order valence-corrected chi connectivity index (χ0v) is 30.6. The number of nitrogens with one attached hydrogen (secondary N) is 3. The van der Waals surface area contributed by atoms with Gasteiger partial charge in [0.2, 0.25) is 11.7 Å². The molecule has 1 unspecified atom stereocenters. The molecule has 0 aliphatic carbocycles. The molecule has 14 heteroatoms. The van der Waals surface area contributed by atoms with E-state index in [1.165, 1.54) is 27.4 Å². The number of halogens is 4. The van der Waals surface area contributed by atoms with Gasteiger partial charge in [0, 0.05) is 16.1 Å². The number of benzene rings is 5. The molecule has 0 bridgehead atoms. The third-order valence-corrected chi connectivity index (χ3v) is 9.38. The number of hydrogen-bond acceptors (Lipinski definition) is 7. The topological polar surface area (TPSA) is 115 Å². The first-order valence-electron chi connectivity index (χ1n) is 16.1. The van der Waals surface area contributed by atoms with Gasteiger partial charge in [0.25, 0.3) is 11.8 Å². The summed E-state index contributed by atoms with van der Waals surface area (Å²) in [5, 5.41) is 7.08. The first kappa shape index (κ1) is 39.3. The average molecular weight is 776 g/mol. The zero-order chi connectivity index (χ0) is 38.8. The summed E-state index contributed by atoms with van der Waals surface area (Å²) < 4.78 is 56.5. The second-order valence-corrected chi connectivity index (χ2v) is 13.0. The van der Waals surface area contributed by atoms with E-state index < -0.39 is 34.7 Å². The van der Waals surface area contributed by atoms with Crippen LogP contribution in [-0.4, -0.2) is 39.1 Å². The van der Waals surface area contributed by atoms with E-state index >= 15 is 0 Å². The Kier molecular flexibility index (Phi) is 12.9. The van der Waals surface area contributed by atoms with Gasteiger partial charge in [0.1, 0.15) is 10.9 Å². The fourth-order valence-electron chi connectivity index (χ4n) is 5.14. The summed E-state index contributed by atoms with van der Waals surface area (Å²) in [6.45, 7) is 0. The molecule has 5 aromatic carbocycles. The standard InChI is InChI=1S/C40H33ClF3N3O6S/c1-51-33-21-24(22-34(52-2)35(33)53-3)20-32(47-37(48)26-12-8-5-9-13-26)38(49)45-28-15-17-29(18-16-28)54-36(25-10-6-4-7-11-25)39(50)46-31-23-27(40(42,43)44)14-19-30(31)41/h4-23,36H,1-3H3,(H,45,49)(H,46,50)(H,47,48)/b32-20-. The lowest BCUT2D eigenvalue weighted by molar-refractivity contribution is -0.137. The van der Waals surface area contributed by atoms with E-state index in [2.05, 4.69) is 16.0 Å². The Balaban J connectivity index is 1.39. The van der Waals surface area contributed by atoms with Crippen LogP contribution in [0.5, 0.6) is 17.2 Å². The Morgan fingerprint density at radius 1 is 0.759 bits per heavy atom. The molecule has 0 aliphatic heterocycles. The predicted octanol–water partition coefficient (Wildman–Crippen LogP) is 9.27. The number of amides is 3. The van der Waals surface area contributed by atoms with Crippen LogP contribution in [-0.2, 0) is 15.8 Å². The van der Waals surface area contributed by atoms with Crippen molar-refractivity contribution in [2.24, 2.45) is 0 Å². The average Bonchev–Trinajstić information content (AvgIpc) is 3.17. The van der Waals surface area contributed by atoms with Crippen LogP contribution in [0.2, 0.25) is 5.02 Å². The van der Waals surface area contributed by atoms with Crippen molar-refractivity contribution in [3.63, 3.8) is 0 Å². The van der Waals surface area contributed by atoms with Crippen LogP contribution in [0.4, 0.5) is 24.5 Å². The van der Waals surface area contributed by atoms with Gasteiger partial charge in [0.15, 0.2) is 11.5 Å². The Bertz CT molecular complexity index is 2130. The van der Waals surface area contributed by atoms with Crippen molar-refractivity contribution in [3.8, 4) is 17.2 Å². The largest absolute Gasteiger partial charge is 0.493 e. The normalized spacial score (nSPS) is 11.9. The van der Waals surface area contributed by atoms with Crippen molar-refractivity contribution in [1.82, 2.24) is 5.32 Å². The van der Waals surface area contributed by atoms with Gasteiger partial charge in [-0.25, -0.2) is 0 Å². The van der Waals surface area contributed by atoms with E-state index in [-0.39, 0.29) is 16.4 Å². The molecule has 3 amide bonds. The molecular formula is C40H33ClF3N3O6S. The highest BCUT2D eigenvalue weighted by Gasteiger charge is 2.32. The van der Waals surface area contributed by atoms with Crippen LogP contribution >= 0.6 is 23.4 Å². The van der Waals surface area contributed by atoms with Crippen molar-refractivity contribution in [2.45, 2.75) is 16.3 Å². The molecule has 278 valence electrons. The lowest BCUT2D eigenvalue weighted by Gasteiger charge is -2.19. The van der Waals surface area contributed by atoms with Gasteiger partial charge in [-0.1, -0.05) is 60.1 Å². The highest BCUT2D eigenvalue weighted by molar-refractivity contribution is 8.00. The third kappa shape index (κ3) is 9.94. The van der Waals surface area contributed by atoms with E-state index in [1.54, 1.807) is 97.1 Å². The minimum Gasteiger partial charge on any atom is -0.493 e. The summed E-state index contributed by atoms with van der Waals surface area (Å²) in [5.74, 6) is -0.737. The second kappa shape index (κ2) is 17.7. The Hall–Kier alpha value is -5.92. The highest BCUT2D eigenvalue weighted by Crippen LogP contribution is 2.40. The van der Waals surface area contributed by atoms with Crippen LogP contribution < -0.4 is 30.2 Å². The van der Waals surface area contributed by atoms with Crippen LogP contribution in [0, 0.1) is 0 Å². The van der Waals surface area contributed by atoms with Gasteiger partial charge in [-0.2, -0.15) is 13.2 Å². The van der Waals surface area contributed by atoms with Crippen LogP contribution in [0.25, 0.3) is 6.08 Å². The first-order valence-corrected chi connectivity index (χ1v) is 17.3. The fourth-order valence-corrected chi connectivity index (χ4v) is 6.33. The molecule has 0 fully saturated rings. The highest BCUT2D eigenvalue weighted by atomic mass is 35.5. The molecule has 0 spiro atoms. The maximum absolute atomic E-state index is 13.7. The fraction of sp³-hybridized carbons (Fsp3) is 0.125. The van der Waals surface area contributed by atoms with E-state index in [0.29, 0.717) is 44.5 Å². The molecule has 0 aromatic heterocycles. The van der Waals surface area contributed by atoms with Crippen molar-refractivity contribution < 1.29 is 41.8 Å². The summed E-state index contributed by atoms with van der Waals surface area (Å²) in [6.07, 6.45) is -3.17. The minimum atomic E-state index is -4.63. The zero-order valence-electron chi connectivity index (χ0n) is 29.0. The molecular weight excluding hydrogens is 743 g/mol. The van der Waals surface area contributed by atoms with E-state index in [1.807, 2.05) is 0 Å². The second-order valence-electron chi connectivity index (χ2n) is 11.4. The number of ether oxygens (including phenoxy) is 3. The van der Waals surface area contributed by atoms with Crippen molar-refractivity contribution in [1.29, 1.82) is 0 Å². The molecule has 5 aromatic rings. The van der Waals surface area contributed by atoms with Gasteiger partial charge >= 0.3 is 6.18 Å².